The fourth-order valence-electron chi connectivity index (χ4n) is 2.33. The van der Waals surface area contributed by atoms with E-state index in [2.05, 4.69) is 30.9 Å². The Labute approximate surface area is 114 Å². The van der Waals surface area contributed by atoms with Gasteiger partial charge in [-0.25, -0.2) is 0 Å². The first-order valence-corrected chi connectivity index (χ1v) is 6.70. The Hall–Kier alpha value is -0.770. The standard InChI is InChI=1S/C14H21ClN2O/c1-10(16)11-4-5-13(12(15)8-11)17-6-7-18-9-14(17,2)3/h4-5,8,10H,6-7,9,16H2,1-3H3/t10-/m1/s1. The monoisotopic (exact) mass is 268 g/mol. The van der Waals surface area contributed by atoms with Crippen LogP contribution in [0.5, 0.6) is 0 Å². The lowest BCUT2D eigenvalue weighted by atomic mass is 10.0. The van der Waals surface area contributed by atoms with Gasteiger partial charge in [0.15, 0.2) is 0 Å². The molecule has 100 valence electrons. The summed E-state index contributed by atoms with van der Waals surface area (Å²) in [5.74, 6) is 0. The first-order chi connectivity index (χ1) is 8.42. The summed E-state index contributed by atoms with van der Waals surface area (Å²) in [5, 5.41) is 0.764. The summed E-state index contributed by atoms with van der Waals surface area (Å²) in [5.41, 5.74) is 7.97. The van der Waals surface area contributed by atoms with Crippen molar-refractivity contribution in [3.05, 3.63) is 28.8 Å². The van der Waals surface area contributed by atoms with Crippen LogP contribution in [-0.2, 0) is 4.74 Å². The van der Waals surface area contributed by atoms with Crippen molar-refractivity contribution in [3.8, 4) is 0 Å². The maximum atomic E-state index is 6.40. The number of nitrogens with two attached hydrogens (primary N) is 1. The summed E-state index contributed by atoms with van der Waals surface area (Å²) < 4.78 is 5.53. The van der Waals surface area contributed by atoms with E-state index in [1.807, 2.05) is 13.0 Å². The molecule has 2 N–H and O–H groups in total. The highest BCUT2D eigenvalue weighted by Crippen LogP contribution is 2.34. The Morgan fingerprint density at radius 1 is 1.44 bits per heavy atom. The van der Waals surface area contributed by atoms with Crippen LogP contribution in [0, 0.1) is 0 Å². The van der Waals surface area contributed by atoms with Crippen LogP contribution in [0.25, 0.3) is 0 Å². The van der Waals surface area contributed by atoms with Crippen LogP contribution < -0.4 is 10.6 Å². The highest BCUT2D eigenvalue weighted by atomic mass is 35.5. The minimum absolute atomic E-state index is 0.00856. The van der Waals surface area contributed by atoms with Crippen LogP contribution in [0.3, 0.4) is 0 Å². The maximum absolute atomic E-state index is 6.40. The van der Waals surface area contributed by atoms with Crippen molar-refractivity contribution in [2.45, 2.75) is 32.4 Å². The minimum atomic E-state index is -0.0300. The van der Waals surface area contributed by atoms with Crippen LogP contribution in [-0.4, -0.2) is 25.3 Å². The summed E-state index contributed by atoms with van der Waals surface area (Å²) in [4.78, 5) is 2.31. The molecule has 1 aliphatic rings. The highest BCUT2D eigenvalue weighted by molar-refractivity contribution is 6.33. The SMILES string of the molecule is C[C@@H](N)c1ccc(N2CCOCC2(C)C)c(Cl)c1. The minimum Gasteiger partial charge on any atom is -0.377 e. The number of halogens is 1. The second-order valence-corrected chi connectivity index (χ2v) is 5.92. The highest BCUT2D eigenvalue weighted by Gasteiger charge is 2.31. The van der Waals surface area contributed by atoms with Crippen molar-refractivity contribution >= 4 is 17.3 Å². The smallest absolute Gasteiger partial charge is 0.0694 e. The first-order valence-electron chi connectivity index (χ1n) is 6.32. The summed E-state index contributed by atoms with van der Waals surface area (Å²) in [6, 6.07) is 6.09. The van der Waals surface area contributed by atoms with Gasteiger partial charge >= 0.3 is 0 Å². The van der Waals surface area contributed by atoms with Gasteiger partial charge in [-0.2, -0.15) is 0 Å². The Morgan fingerprint density at radius 3 is 2.72 bits per heavy atom. The fourth-order valence-corrected chi connectivity index (χ4v) is 2.62. The molecule has 4 heteroatoms. The lowest BCUT2D eigenvalue weighted by Crippen LogP contribution is -2.53. The molecule has 1 heterocycles. The van der Waals surface area contributed by atoms with Gasteiger partial charge in [-0.05, 0) is 38.5 Å². The van der Waals surface area contributed by atoms with E-state index in [4.69, 9.17) is 22.1 Å². The molecule has 1 aromatic rings. The molecule has 0 unspecified atom stereocenters. The van der Waals surface area contributed by atoms with Crippen LogP contribution in [0.15, 0.2) is 18.2 Å². The summed E-state index contributed by atoms with van der Waals surface area (Å²) in [6.45, 7) is 8.63. The third kappa shape index (κ3) is 2.63. The Balaban J connectivity index is 2.33. The number of ether oxygens (including phenoxy) is 1. The number of anilines is 1. The topological polar surface area (TPSA) is 38.5 Å². The van der Waals surface area contributed by atoms with E-state index in [1.54, 1.807) is 0 Å². The van der Waals surface area contributed by atoms with Crippen molar-refractivity contribution in [2.75, 3.05) is 24.7 Å². The fraction of sp³-hybridized carbons (Fsp3) is 0.571. The second kappa shape index (κ2) is 5.08. The Bertz CT molecular complexity index is 432. The van der Waals surface area contributed by atoms with Crippen LogP contribution in [0.2, 0.25) is 5.02 Å². The van der Waals surface area contributed by atoms with Gasteiger partial charge in [0.2, 0.25) is 0 Å². The molecule has 1 aromatic carbocycles. The second-order valence-electron chi connectivity index (χ2n) is 5.52. The van der Waals surface area contributed by atoms with Gasteiger partial charge in [0.1, 0.15) is 0 Å². The van der Waals surface area contributed by atoms with Gasteiger partial charge in [-0.1, -0.05) is 17.7 Å². The Morgan fingerprint density at radius 2 is 2.17 bits per heavy atom. The molecule has 0 radical (unpaired) electrons. The average molecular weight is 269 g/mol. The van der Waals surface area contributed by atoms with E-state index < -0.39 is 0 Å². The number of hydrogen-bond acceptors (Lipinski definition) is 3. The molecule has 18 heavy (non-hydrogen) atoms. The zero-order chi connectivity index (χ0) is 13.3. The predicted octanol–water partition coefficient (Wildman–Crippen LogP) is 2.97. The van der Waals surface area contributed by atoms with Gasteiger partial charge < -0.3 is 15.4 Å². The zero-order valence-corrected chi connectivity index (χ0v) is 12.0. The normalized spacial score (nSPS) is 20.8. The molecule has 0 saturated carbocycles. The van der Waals surface area contributed by atoms with Crippen molar-refractivity contribution in [2.24, 2.45) is 5.73 Å². The van der Waals surface area contributed by atoms with E-state index in [-0.39, 0.29) is 11.6 Å². The third-order valence-corrected chi connectivity index (χ3v) is 3.74. The van der Waals surface area contributed by atoms with Gasteiger partial charge in [-0.3, -0.25) is 0 Å². The molecular formula is C14H21ClN2O. The van der Waals surface area contributed by atoms with E-state index in [1.165, 1.54) is 0 Å². The molecule has 1 aliphatic heterocycles. The molecule has 1 saturated heterocycles. The predicted molar refractivity (Wildman–Crippen MR) is 76.3 cm³/mol. The van der Waals surface area contributed by atoms with Crippen LogP contribution in [0.4, 0.5) is 5.69 Å². The summed E-state index contributed by atoms with van der Waals surface area (Å²) >= 11 is 6.40. The molecule has 1 fully saturated rings. The Kier molecular flexibility index (Phi) is 3.85. The average Bonchev–Trinajstić information content (AvgIpc) is 2.29. The number of hydrogen-bond donors (Lipinski definition) is 1. The molecule has 1 atom stereocenters. The zero-order valence-electron chi connectivity index (χ0n) is 11.2. The molecule has 0 bridgehead atoms. The molecular weight excluding hydrogens is 248 g/mol. The van der Waals surface area contributed by atoms with E-state index in [0.717, 1.165) is 36.0 Å². The number of nitrogens with zero attached hydrogens (tertiary/aromatic N) is 1. The van der Waals surface area contributed by atoms with Crippen molar-refractivity contribution in [3.63, 3.8) is 0 Å². The number of benzene rings is 1. The summed E-state index contributed by atoms with van der Waals surface area (Å²) in [7, 11) is 0. The molecule has 0 aliphatic carbocycles. The number of morpholine rings is 1. The molecule has 0 spiro atoms. The molecule has 0 aromatic heterocycles. The maximum Gasteiger partial charge on any atom is 0.0694 e. The van der Waals surface area contributed by atoms with Crippen molar-refractivity contribution in [1.29, 1.82) is 0 Å². The molecule has 2 rings (SSSR count). The molecule has 0 amide bonds. The third-order valence-electron chi connectivity index (χ3n) is 3.43. The van der Waals surface area contributed by atoms with E-state index in [0.29, 0.717) is 0 Å². The number of rotatable bonds is 2. The van der Waals surface area contributed by atoms with Gasteiger partial charge in [0.25, 0.3) is 0 Å². The van der Waals surface area contributed by atoms with E-state index >= 15 is 0 Å². The van der Waals surface area contributed by atoms with Gasteiger partial charge in [0.05, 0.1) is 29.5 Å². The summed E-state index contributed by atoms with van der Waals surface area (Å²) in [6.07, 6.45) is 0. The quantitative estimate of drug-likeness (QED) is 0.896. The van der Waals surface area contributed by atoms with E-state index in [9.17, 15) is 0 Å². The molecule has 3 nitrogen and oxygen atoms in total. The van der Waals surface area contributed by atoms with Gasteiger partial charge in [-0.15, -0.1) is 0 Å². The lowest BCUT2D eigenvalue weighted by molar-refractivity contribution is 0.0644. The first kappa shape index (κ1) is 13.7. The largest absolute Gasteiger partial charge is 0.377 e. The van der Waals surface area contributed by atoms with Crippen LogP contribution >= 0.6 is 11.6 Å². The lowest BCUT2D eigenvalue weighted by Gasteiger charge is -2.44. The van der Waals surface area contributed by atoms with Crippen molar-refractivity contribution < 1.29 is 4.74 Å². The van der Waals surface area contributed by atoms with Crippen LogP contribution in [0.1, 0.15) is 32.4 Å². The van der Waals surface area contributed by atoms with Crippen molar-refractivity contribution in [1.82, 2.24) is 0 Å². The van der Waals surface area contributed by atoms with Gasteiger partial charge in [0, 0.05) is 12.6 Å².